The third-order valence-corrected chi connectivity index (χ3v) is 3.91. The average molecular weight is 247 g/mol. The molecule has 1 heterocycles. The first kappa shape index (κ1) is 13.0. The summed E-state index contributed by atoms with van der Waals surface area (Å²) < 4.78 is 0. The SMILES string of the molecule is CCCc1nc(CSCC(O)CO)cs1. The van der Waals surface area contributed by atoms with Crippen molar-refractivity contribution >= 4 is 23.1 Å². The quantitative estimate of drug-likeness (QED) is 0.770. The molecule has 0 aliphatic heterocycles. The number of rotatable bonds is 7. The third-order valence-electron chi connectivity index (χ3n) is 1.83. The number of aromatic nitrogens is 1. The molecule has 86 valence electrons. The molecule has 2 N–H and O–H groups in total. The molecule has 0 bridgehead atoms. The summed E-state index contributed by atoms with van der Waals surface area (Å²) in [6.45, 7) is 1.98. The van der Waals surface area contributed by atoms with Gasteiger partial charge in [-0.15, -0.1) is 11.3 Å². The minimum Gasteiger partial charge on any atom is -0.394 e. The van der Waals surface area contributed by atoms with Gasteiger partial charge < -0.3 is 10.2 Å². The normalized spacial score (nSPS) is 13.0. The molecule has 0 fully saturated rings. The minimum absolute atomic E-state index is 0.162. The lowest BCUT2D eigenvalue weighted by Gasteiger charge is -2.04. The van der Waals surface area contributed by atoms with Gasteiger partial charge in [-0.1, -0.05) is 6.92 Å². The molecule has 0 amide bonds. The highest BCUT2D eigenvalue weighted by atomic mass is 32.2. The summed E-state index contributed by atoms with van der Waals surface area (Å²) in [6, 6.07) is 0. The number of hydrogen-bond acceptors (Lipinski definition) is 5. The van der Waals surface area contributed by atoms with E-state index in [2.05, 4.69) is 17.3 Å². The van der Waals surface area contributed by atoms with Gasteiger partial charge in [-0.3, -0.25) is 0 Å². The summed E-state index contributed by atoms with van der Waals surface area (Å²) in [7, 11) is 0. The van der Waals surface area contributed by atoms with Crippen LogP contribution in [0.3, 0.4) is 0 Å². The number of hydrogen-bond donors (Lipinski definition) is 2. The van der Waals surface area contributed by atoms with Crippen molar-refractivity contribution in [2.45, 2.75) is 31.6 Å². The molecular formula is C10H17NO2S2. The molecule has 3 nitrogen and oxygen atoms in total. The first-order chi connectivity index (χ1) is 7.26. The fraction of sp³-hybridized carbons (Fsp3) is 0.700. The van der Waals surface area contributed by atoms with E-state index in [0.29, 0.717) is 5.75 Å². The maximum atomic E-state index is 9.14. The van der Waals surface area contributed by atoms with Crippen molar-refractivity contribution in [3.63, 3.8) is 0 Å². The van der Waals surface area contributed by atoms with Crippen LogP contribution in [0.1, 0.15) is 24.0 Å². The second-order valence-corrected chi connectivity index (χ2v) is 5.31. The van der Waals surface area contributed by atoms with E-state index < -0.39 is 6.10 Å². The van der Waals surface area contributed by atoms with Crippen LogP contribution in [-0.4, -0.2) is 33.7 Å². The van der Waals surface area contributed by atoms with E-state index in [4.69, 9.17) is 10.2 Å². The molecule has 0 saturated heterocycles. The van der Waals surface area contributed by atoms with Gasteiger partial charge in [0.2, 0.25) is 0 Å². The van der Waals surface area contributed by atoms with Crippen LogP contribution in [-0.2, 0) is 12.2 Å². The van der Waals surface area contributed by atoms with Crippen molar-refractivity contribution in [2.75, 3.05) is 12.4 Å². The largest absolute Gasteiger partial charge is 0.394 e. The van der Waals surface area contributed by atoms with E-state index in [0.717, 1.165) is 24.3 Å². The molecule has 0 saturated carbocycles. The Balaban J connectivity index is 2.25. The Bertz CT molecular complexity index is 278. The van der Waals surface area contributed by atoms with Crippen molar-refractivity contribution in [1.29, 1.82) is 0 Å². The fourth-order valence-corrected chi connectivity index (χ4v) is 2.95. The highest BCUT2D eigenvalue weighted by Crippen LogP contribution is 2.17. The molecule has 1 unspecified atom stereocenters. The predicted molar refractivity (Wildman–Crippen MR) is 65.4 cm³/mol. The Kier molecular flexibility index (Phi) is 6.24. The van der Waals surface area contributed by atoms with Gasteiger partial charge in [0.05, 0.1) is 23.4 Å². The lowest BCUT2D eigenvalue weighted by molar-refractivity contribution is 0.113. The van der Waals surface area contributed by atoms with Gasteiger partial charge in [-0.25, -0.2) is 4.98 Å². The molecule has 0 aliphatic rings. The van der Waals surface area contributed by atoms with Crippen LogP contribution < -0.4 is 0 Å². The highest BCUT2D eigenvalue weighted by Gasteiger charge is 2.04. The molecule has 5 heteroatoms. The molecule has 1 aromatic heterocycles. The van der Waals surface area contributed by atoms with E-state index in [-0.39, 0.29) is 6.61 Å². The van der Waals surface area contributed by atoms with Gasteiger partial charge in [-0.2, -0.15) is 11.8 Å². The molecule has 1 aromatic rings. The van der Waals surface area contributed by atoms with Gasteiger partial charge in [0.1, 0.15) is 0 Å². The van der Waals surface area contributed by atoms with Crippen LogP contribution in [0.15, 0.2) is 5.38 Å². The second kappa shape index (κ2) is 7.22. The summed E-state index contributed by atoms with van der Waals surface area (Å²) in [6.07, 6.45) is 1.57. The standard InChI is InChI=1S/C10H17NO2S2/c1-2-3-10-11-8(6-15-10)5-14-7-9(13)4-12/h6,9,12-13H,2-5,7H2,1H3. The second-order valence-electron chi connectivity index (χ2n) is 3.33. The molecule has 0 radical (unpaired) electrons. The number of nitrogens with zero attached hydrogens (tertiary/aromatic N) is 1. The Morgan fingerprint density at radius 1 is 1.60 bits per heavy atom. The van der Waals surface area contributed by atoms with Gasteiger partial charge in [0.25, 0.3) is 0 Å². The van der Waals surface area contributed by atoms with Gasteiger partial charge in [0.15, 0.2) is 0 Å². The van der Waals surface area contributed by atoms with E-state index in [1.165, 1.54) is 5.01 Å². The maximum absolute atomic E-state index is 9.14. The number of thiazole rings is 1. The van der Waals surface area contributed by atoms with Gasteiger partial charge >= 0.3 is 0 Å². The van der Waals surface area contributed by atoms with Crippen molar-refractivity contribution in [3.8, 4) is 0 Å². The first-order valence-electron chi connectivity index (χ1n) is 5.06. The van der Waals surface area contributed by atoms with Gasteiger partial charge in [-0.05, 0) is 12.8 Å². The van der Waals surface area contributed by atoms with E-state index in [1.54, 1.807) is 23.1 Å². The number of aliphatic hydroxyl groups excluding tert-OH is 2. The molecule has 1 atom stereocenters. The minimum atomic E-state index is -0.608. The molecule has 15 heavy (non-hydrogen) atoms. The van der Waals surface area contributed by atoms with E-state index in [1.807, 2.05) is 0 Å². The average Bonchev–Trinajstić information content (AvgIpc) is 2.66. The fourth-order valence-electron chi connectivity index (χ4n) is 1.10. The first-order valence-corrected chi connectivity index (χ1v) is 7.09. The van der Waals surface area contributed by atoms with Crippen LogP contribution in [0.25, 0.3) is 0 Å². The number of thioether (sulfide) groups is 1. The summed E-state index contributed by atoms with van der Waals surface area (Å²) in [5.41, 5.74) is 1.08. The summed E-state index contributed by atoms with van der Waals surface area (Å²) in [5, 5.41) is 21.0. The summed E-state index contributed by atoms with van der Waals surface area (Å²) in [4.78, 5) is 4.48. The van der Waals surface area contributed by atoms with Gasteiger partial charge in [0, 0.05) is 16.9 Å². The molecule has 1 rings (SSSR count). The Labute approximate surface area is 98.6 Å². The van der Waals surface area contributed by atoms with Crippen molar-refractivity contribution in [1.82, 2.24) is 4.98 Å². The number of aliphatic hydroxyl groups is 2. The lowest BCUT2D eigenvalue weighted by atomic mass is 10.3. The molecule has 0 aromatic carbocycles. The monoisotopic (exact) mass is 247 g/mol. The van der Waals surface area contributed by atoms with Crippen LogP contribution in [0.4, 0.5) is 0 Å². The van der Waals surface area contributed by atoms with E-state index in [9.17, 15) is 0 Å². The Hall–Kier alpha value is -0.100. The highest BCUT2D eigenvalue weighted by molar-refractivity contribution is 7.98. The maximum Gasteiger partial charge on any atom is 0.0928 e. The van der Waals surface area contributed by atoms with Crippen LogP contribution in [0.2, 0.25) is 0 Å². The Morgan fingerprint density at radius 3 is 3.07 bits per heavy atom. The Morgan fingerprint density at radius 2 is 2.40 bits per heavy atom. The summed E-state index contributed by atoms with van der Waals surface area (Å²) in [5.74, 6) is 1.38. The van der Waals surface area contributed by atoms with Crippen LogP contribution in [0.5, 0.6) is 0 Å². The zero-order valence-corrected chi connectivity index (χ0v) is 10.5. The molecule has 0 spiro atoms. The van der Waals surface area contributed by atoms with E-state index >= 15 is 0 Å². The molecular weight excluding hydrogens is 230 g/mol. The van der Waals surface area contributed by atoms with Crippen LogP contribution >= 0.6 is 23.1 Å². The molecule has 0 aliphatic carbocycles. The van der Waals surface area contributed by atoms with Crippen molar-refractivity contribution in [2.24, 2.45) is 0 Å². The third kappa shape index (κ3) is 4.97. The van der Waals surface area contributed by atoms with Crippen molar-refractivity contribution < 1.29 is 10.2 Å². The predicted octanol–water partition coefficient (Wildman–Crippen LogP) is 1.68. The van der Waals surface area contributed by atoms with Crippen LogP contribution in [0, 0.1) is 0 Å². The lowest BCUT2D eigenvalue weighted by Crippen LogP contribution is -2.14. The topological polar surface area (TPSA) is 53.4 Å². The smallest absolute Gasteiger partial charge is 0.0928 e. The zero-order valence-electron chi connectivity index (χ0n) is 8.85. The zero-order chi connectivity index (χ0) is 11.1. The van der Waals surface area contributed by atoms with Crippen molar-refractivity contribution in [3.05, 3.63) is 16.1 Å². The number of aryl methyl sites for hydroxylation is 1. The summed E-state index contributed by atoms with van der Waals surface area (Å²) >= 11 is 3.31.